The molecule has 114 valence electrons. The molecule has 0 bridgehead atoms. The van der Waals surface area contributed by atoms with Crippen LogP contribution in [0.4, 0.5) is 0 Å². The molecular weight excluding hydrogens is 282 g/mol. The lowest BCUT2D eigenvalue weighted by atomic mass is 10.2. The summed E-state index contributed by atoms with van der Waals surface area (Å²) in [5, 5.41) is 8.77. The lowest BCUT2D eigenvalue weighted by Gasteiger charge is -2.21. The maximum atomic E-state index is 12.6. The molecular formula is C17H23NO2S. The van der Waals surface area contributed by atoms with Crippen molar-refractivity contribution in [1.82, 2.24) is 4.90 Å². The molecule has 1 aliphatic carbocycles. The lowest BCUT2D eigenvalue weighted by molar-refractivity contribution is 0.0752. The van der Waals surface area contributed by atoms with Gasteiger partial charge < -0.3 is 10.0 Å². The van der Waals surface area contributed by atoms with Gasteiger partial charge in [0, 0.05) is 19.5 Å². The summed E-state index contributed by atoms with van der Waals surface area (Å²) in [6.45, 7) is 5.90. The van der Waals surface area contributed by atoms with Crippen molar-refractivity contribution in [3.8, 4) is 11.8 Å². The first-order chi connectivity index (χ1) is 10.2. The first-order valence-electron chi connectivity index (χ1n) is 7.65. The van der Waals surface area contributed by atoms with E-state index in [0.29, 0.717) is 12.3 Å². The van der Waals surface area contributed by atoms with Gasteiger partial charge in [-0.3, -0.25) is 4.79 Å². The van der Waals surface area contributed by atoms with Gasteiger partial charge >= 0.3 is 0 Å². The van der Waals surface area contributed by atoms with Gasteiger partial charge in [-0.15, -0.1) is 11.3 Å². The number of aryl methyl sites for hydroxylation is 1. The van der Waals surface area contributed by atoms with Crippen molar-refractivity contribution in [2.45, 2.75) is 39.5 Å². The second-order valence-corrected chi connectivity index (χ2v) is 6.64. The van der Waals surface area contributed by atoms with Crippen LogP contribution in [0.3, 0.4) is 0 Å². The third-order valence-electron chi connectivity index (χ3n) is 3.52. The smallest absolute Gasteiger partial charge is 0.263 e. The van der Waals surface area contributed by atoms with E-state index in [-0.39, 0.29) is 12.5 Å². The molecule has 0 aliphatic heterocycles. The van der Waals surface area contributed by atoms with Crippen molar-refractivity contribution >= 4 is 17.2 Å². The Morgan fingerprint density at radius 3 is 2.90 bits per heavy atom. The van der Waals surface area contributed by atoms with Gasteiger partial charge in [0.15, 0.2) is 0 Å². The predicted molar refractivity (Wildman–Crippen MR) is 86.6 cm³/mol. The Morgan fingerprint density at radius 1 is 1.52 bits per heavy atom. The fourth-order valence-corrected chi connectivity index (χ4v) is 3.24. The number of carbonyl (C=O) groups excluding carboxylic acids is 1. The van der Waals surface area contributed by atoms with Crippen molar-refractivity contribution in [2.24, 2.45) is 5.92 Å². The van der Waals surface area contributed by atoms with Crippen LogP contribution in [0.15, 0.2) is 6.07 Å². The summed E-state index contributed by atoms with van der Waals surface area (Å²) in [4.78, 5) is 16.4. The van der Waals surface area contributed by atoms with Crippen LogP contribution in [0.5, 0.6) is 0 Å². The summed E-state index contributed by atoms with van der Waals surface area (Å²) in [6.07, 6.45) is 3.99. The van der Waals surface area contributed by atoms with E-state index < -0.39 is 0 Å². The Bertz CT molecular complexity index is 549. The van der Waals surface area contributed by atoms with Crippen LogP contribution in [0.2, 0.25) is 0 Å². The van der Waals surface area contributed by atoms with E-state index in [9.17, 15) is 4.79 Å². The number of hydrogen-bond acceptors (Lipinski definition) is 3. The summed E-state index contributed by atoms with van der Waals surface area (Å²) in [6, 6.07) is 1.95. The van der Waals surface area contributed by atoms with Crippen LogP contribution in [0.1, 0.15) is 52.7 Å². The summed E-state index contributed by atoms with van der Waals surface area (Å²) < 4.78 is 0. The molecule has 0 unspecified atom stereocenters. The second-order valence-electron chi connectivity index (χ2n) is 5.59. The van der Waals surface area contributed by atoms with Gasteiger partial charge in [0.1, 0.15) is 0 Å². The number of aliphatic hydroxyl groups excluding tert-OH is 1. The fourth-order valence-electron chi connectivity index (χ4n) is 2.22. The quantitative estimate of drug-likeness (QED) is 0.821. The third kappa shape index (κ3) is 4.59. The van der Waals surface area contributed by atoms with Crippen molar-refractivity contribution in [1.29, 1.82) is 0 Å². The highest BCUT2D eigenvalue weighted by Gasteiger charge is 2.27. The molecule has 1 aliphatic rings. The van der Waals surface area contributed by atoms with Gasteiger partial charge in [-0.25, -0.2) is 0 Å². The van der Waals surface area contributed by atoms with Gasteiger partial charge in [0.05, 0.1) is 16.4 Å². The Hall–Kier alpha value is -1.31. The molecule has 0 spiro atoms. The van der Waals surface area contributed by atoms with E-state index in [1.54, 1.807) is 0 Å². The number of hydrogen-bond donors (Lipinski definition) is 1. The van der Waals surface area contributed by atoms with Gasteiger partial charge in [-0.2, -0.15) is 0 Å². The first-order valence-corrected chi connectivity index (χ1v) is 8.46. The minimum absolute atomic E-state index is 0.0783. The maximum Gasteiger partial charge on any atom is 0.263 e. The van der Waals surface area contributed by atoms with Gasteiger partial charge in [0.2, 0.25) is 0 Å². The van der Waals surface area contributed by atoms with Gasteiger partial charge in [0.25, 0.3) is 5.91 Å². The molecule has 1 heterocycles. The Kier molecular flexibility index (Phi) is 5.84. The van der Waals surface area contributed by atoms with Crippen LogP contribution in [0.25, 0.3) is 0 Å². The summed E-state index contributed by atoms with van der Waals surface area (Å²) in [5.74, 6) is 6.84. The molecule has 1 fully saturated rings. The van der Waals surface area contributed by atoms with Crippen LogP contribution in [-0.2, 0) is 0 Å². The molecule has 1 amide bonds. The standard InChI is InChI=1S/C17H23NO2S/c1-3-9-18(12-14-7-8-14)17(20)16-11-13(2)15(21-16)6-4-5-10-19/h11,14,19H,3,5,7-10,12H2,1-2H3. The number of rotatable bonds is 6. The van der Waals surface area contributed by atoms with E-state index in [4.69, 9.17) is 5.11 Å². The number of thiophene rings is 1. The first kappa shape index (κ1) is 16.1. The highest BCUT2D eigenvalue weighted by atomic mass is 32.1. The van der Waals surface area contributed by atoms with Crippen molar-refractivity contribution in [3.63, 3.8) is 0 Å². The zero-order chi connectivity index (χ0) is 15.2. The van der Waals surface area contributed by atoms with Crippen LogP contribution >= 0.6 is 11.3 Å². The zero-order valence-corrected chi connectivity index (χ0v) is 13.6. The topological polar surface area (TPSA) is 40.5 Å². The van der Waals surface area contributed by atoms with Gasteiger partial charge in [-0.05, 0) is 43.7 Å². The molecule has 0 atom stereocenters. The molecule has 2 rings (SSSR count). The molecule has 1 aromatic rings. The summed E-state index contributed by atoms with van der Waals surface area (Å²) >= 11 is 1.47. The number of carbonyl (C=O) groups is 1. The Balaban J connectivity index is 2.10. The van der Waals surface area contributed by atoms with Crippen LogP contribution < -0.4 is 0 Å². The maximum absolute atomic E-state index is 12.6. The predicted octanol–water partition coefficient (Wildman–Crippen LogP) is 3.05. The zero-order valence-electron chi connectivity index (χ0n) is 12.8. The molecule has 21 heavy (non-hydrogen) atoms. The molecule has 1 N–H and O–H groups in total. The molecule has 0 aromatic carbocycles. The molecule has 4 heteroatoms. The van der Waals surface area contributed by atoms with Gasteiger partial charge in [-0.1, -0.05) is 18.8 Å². The average molecular weight is 305 g/mol. The third-order valence-corrected chi connectivity index (χ3v) is 4.66. The number of aliphatic hydroxyl groups is 1. The largest absolute Gasteiger partial charge is 0.395 e. The highest BCUT2D eigenvalue weighted by molar-refractivity contribution is 7.14. The Morgan fingerprint density at radius 2 is 2.29 bits per heavy atom. The monoisotopic (exact) mass is 305 g/mol. The van der Waals surface area contributed by atoms with Crippen molar-refractivity contribution < 1.29 is 9.90 Å². The molecule has 0 radical (unpaired) electrons. The SMILES string of the molecule is CCCN(CC1CC1)C(=O)c1cc(C)c(C#CCCO)s1. The second kappa shape index (κ2) is 7.63. The lowest BCUT2D eigenvalue weighted by Crippen LogP contribution is -2.33. The average Bonchev–Trinajstić information content (AvgIpc) is 3.21. The van der Waals surface area contributed by atoms with Crippen LogP contribution in [-0.4, -0.2) is 35.6 Å². The number of amides is 1. The number of nitrogens with zero attached hydrogens (tertiary/aromatic N) is 1. The molecule has 0 saturated heterocycles. The Labute approximate surface area is 131 Å². The van der Waals surface area contributed by atoms with E-state index >= 15 is 0 Å². The van der Waals surface area contributed by atoms with E-state index in [0.717, 1.165) is 34.8 Å². The summed E-state index contributed by atoms with van der Waals surface area (Å²) in [5.41, 5.74) is 1.05. The normalized spacial score (nSPS) is 13.7. The molecule has 1 saturated carbocycles. The van der Waals surface area contributed by atoms with Crippen molar-refractivity contribution in [2.75, 3.05) is 19.7 Å². The summed E-state index contributed by atoms with van der Waals surface area (Å²) in [7, 11) is 0. The fraction of sp³-hybridized carbons (Fsp3) is 0.588. The highest BCUT2D eigenvalue weighted by Crippen LogP contribution is 2.31. The van der Waals surface area contributed by atoms with Crippen molar-refractivity contribution in [3.05, 3.63) is 21.4 Å². The minimum atomic E-state index is 0.0783. The minimum Gasteiger partial charge on any atom is -0.395 e. The molecule has 1 aromatic heterocycles. The van der Waals surface area contributed by atoms with E-state index in [1.165, 1.54) is 24.2 Å². The van der Waals surface area contributed by atoms with E-state index in [2.05, 4.69) is 18.8 Å². The van der Waals surface area contributed by atoms with E-state index in [1.807, 2.05) is 17.9 Å². The van der Waals surface area contributed by atoms with Crippen LogP contribution in [0, 0.1) is 24.7 Å². The molecule has 3 nitrogen and oxygen atoms in total.